The summed E-state index contributed by atoms with van der Waals surface area (Å²) in [5.74, 6) is -1.80. The van der Waals surface area contributed by atoms with Crippen LogP contribution in [-0.2, 0) is 0 Å². The second-order valence-corrected chi connectivity index (χ2v) is 5.30. The van der Waals surface area contributed by atoms with Crippen LogP contribution >= 0.6 is 12.2 Å². The molecule has 1 heterocycles. The van der Waals surface area contributed by atoms with E-state index in [1.54, 1.807) is 11.8 Å². The number of hydrogen-bond acceptors (Lipinski definition) is 3. The molecular formula is C10H17F3N2OS. The second kappa shape index (κ2) is 5.07. The van der Waals surface area contributed by atoms with E-state index in [1.165, 1.54) is 0 Å². The van der Waals surface area contributed by atoms with Gasteiger partial charge >= 0.3 is 6.18 Å². The highest BCUT2D eigenvalue weighted by Gasteiger charge is 2.43. The maximum atomic E-state index is 12.7. The fourth-order valence-corrected chi connectivity index (χ4v) is 2.30. The molecule has 0 spiro atoms. The van der Waals surface area contributed by atoms with E-state index < -0.39 is 22.7 Å². The number of alkyl halides is 3. The van der Waals surface area contributed by atoms with E-state index in [0.717, 1.165) is 0 Å². The molecule has 0 aromatic rings. The van der Waals surface area contributed by atoms with Gasteiger partial charge in [0.15, 0.2) is 0 Å². The van der Waals surface area contributed by atoms with E-state index in [2.05, 4.69) is 12.2 Å². The van der Waals surface area contributed by atoms with Crippen LogP contribution in [0, 0.1) is 5.92 Å². The highest BCUT2D eigenvalue weighted by atomic mass is 32.1. The average Bonchev–Trinajstić information content (AvgIpc) is 2.10. The summed E-state index contributed by atoms with van der Waals surface area (Å²) < 4.78 is 38.0. The molecule has 2 unspecified atom stereocenters. The van der Waals surface area contributed by atoms with Crippen molar-refractivity contribution in [1.82, 2.24) is 4.90 Å². The van der Waals surface area contributed by atoms with Crippen LogP contribution in [-0.4, -0.2) is 46.4 Å². The Labute approximate surface area is 104 Å². The Hall–Kier alpha value is -0.400. The normalized spacial score (nSPS) is 29.0. The number of hydrogen-bond donors (Lipinski definition) is 2. The third kappa shape index (κ3) is 4.40. The molecule has 1 aliphatic rings. The number of rotatable bonds is 3. The molecule has 100 valence electrons. The summed E-state index contributed by atoms with van der Waals surface area (Å²) in [4.78, 5) is 1.03. The van der Waals surface area contributed by atoms with Crippen molar-refractivity contribution in [2.45, 2.75) is 31.5 Å². The molecule has 0 aromatic heterocycles. The molecule has 0 radical (unpaired) electrons. The first-order chi connectivity index (χ1) is 7.62. The Kier molecular flexibility index (Phi) is 4.38. The molecule has 3 nitrogen and oxygen atoms in total. The fourth-order valence-electron chi connectivity index (χ4n) is 2.09. The molecule has 0 bridgehead atoms. The first kappa shape index (κ1) is 14.7. The molecule has 0 saturated carbocycles. The molecule has 0 aromatic carbocycles. The Morgan fingerprint density at radius 2 is 2.18 bits per heavy atom. The summed E-state index contributed by atoms with van der Waals surface area (Å²) >= 11 is 4.46. The zero-order valence-corrected chi connectivity index (χ0v) is 10.4. The number of thiocarbonyl (C=S) groups is 1. The van der Waals surface area contributed by atoms with Crippen LogP contribution < -0.4 is 5.73 Å². The van der Waals surface area contributed by atoms with Crippen LogP contribution in [0.3, 0.4) is 0 Å². The van der Waals surface area contributed by atoms with E-state index in [1.807, 2.05) is 0 Å². The number of aliphatic hydroxyl groups is 1. The van der Waals surface area contributed by atoms with Gasteiger partial charge in [-0.3, -0.25) is 4.90 Å². The van der Waals surface area contributed by atoms with Crippen LogP contribution in [0.1, 0.15) is 19.8 Å². The molecule has 17 heavy (non-hydrogen) atoms. The van der Waals surface area contributed by atoms with Crippen molar-refractivity contribution in [2.75, 3.05) is 19.6 Å². The Morgan fingerprint density at radius 3 is 2.59 bits per heavy atom. The third-order valence-corrected chi connectivity index (χ3v) is 3.22. The Morgan fingerprint density at radius 1 is 1.59 bits per heavy atom. The van der Waals surface area contributed by atoms with Crippen molar-refractivity contribution in [1.29, 1.82) is 0 Å². The van der Waals surface area contributed by atoms with Gasteiger partial charge in [-0.25, -0.2) is 0 Å². The molecule has 1 fully saturated rings. The predicted octanol–water partition coefficient (Wildman–Crippen LogP) is 1.30. The molecule has 1 rings (SSSR count). The van der Waals surface area contributed by atoms with E-state index >= 15 is 0 Å². The van der Waals surface area contributed by atoms with Gasteiger partial charge in [-0.15, -0.1) is 0 Å². The minimum Gasteiger partial charge on any atom is -0.393 e. The number of β-amino-alcohol motifs (C(OH)–C–C–N with tert-alkyl or cyclic N) is 1. The second-order valence-electron chi connectivity index (χ2n) is 4.83. The van der Waals surface area contributed by atoms with E-state index in [4.69, 9.17) is 5.73 Å². The number of halogens is 3. The van der Waals surface area contributed by atoms with Crippen molar-refractivity contribution < 1.29 is 18.3 Å². The summed E-state index contributed by atoms with van der Waals surface area (Å²) in [6.07, 6.45) is -3.14. The lowest BCUT2D eigenvalue weighted by Crippen LogP contribution is -2.51. The third-order valence-electron chi connectivity index (χ3n) is 2.93. The highest BCUT2D eigenvalue weighted by Crippen LogP contribution is 2.29. The predicted molar refractivity (Wildman–Crippen MR) is 62.6 cm³/mol. The summed E-state index contributed by atoms with van der Waals surface area (Å²) in [7, 11) is 0. The summed E-state index contributed by atoms with van der Waals surface area (Å²) in [5, 5.41) is 9.81. The molecule has 1 saturated heterocycles. The lowest BCUT2D eigenvalue weighted by atomic mass is 9.94. The molecule has 0 aliphatic carbocycles. The van der Waals surface area contributed by atoms with Crippen molar-refractivity contribution in [3.63, 3.8) is 0 Å². The van der Waals surface area contributed by atoms with Gasteiger partial charge in [0, 0.05) is 13.1 Å². The SMILES string of the molecule is CC1(O)CCCN(CC(C(N)=S)C(F)(F)F)C1. The van der Waals surface area contributed by atoms with E-state index in [9.17, 15) is 18.3 Å². The van der Waals surface area contributed by atoms with Crippen LogP contribution in [0.2, 0.25) is 0 Å². The minimum absolute atomic E-state index is 0.224. The molecule has 7 heteroatoms. The number of piperidine rings is 1. The molecule has 2 atom stereocenters. The maximum absolute atomic E-state index is 12.7. The quantitative estimate of drug-likeness (QED) is 0.759. The fraction of sp³-hybridized carbons (Fsp3) is 0.900. The van der Waals surface area contributed by atoms with Crippen molar-refractivity contribution in [2.24, 2.45) is 11.7 Å². The van der Waals surface area contributed by atoms with Gasteiger partial charge < -0.3 is 10.8 Å². The highest BCUT2D eigenvalue weighted by molar-refractivity contribution is 7.80. The number of nitrogens with two attached hydrogens (primary N) is 1. The lowest BCUT2D eigenvalue weighted by molar-refractivity contribution is -0.162. The summed E-state index contributed by atoms with van der Waals surface area (Å²) in [6.45, 7) is 2.12. The van der Waals surface area contributed by atoms with Gasteiger partial charge in [-0.2, -0.15) is 13.2 Å². The van der Waals surface area contributed by atoms with Crippen molar-refractivity contribution in [3.8, 4) is 0 Å². The van der Waals surface area contributed by atoms with Crippen LogP contribution in [0.5, 0.6) is 0 Å². The molecule has 3 N–H and O–H groups in total. The maximum Gasteiger partial charge on any atom is 0.399 e. The molecule has 0 amide bonds. The first-order valence-electron chi connectivity index (χ1n) is 5.42. The first-order valence-corrected chi connectivity index (χ1v) is 5.83. The average molecular weight is 270 g/mol. The Balaban J connectivity index is 2.65. The molecule has 1 aliphatic heterocycles. The van der Waals surface area contributed by atoms with Gasteiger partial charge in [-0.05, 0) is 26.3 Å². The smallest absolute Gasteiger partial charge is 0.393 e. The van der Waals surface area contributed by atoms with Gasteiger partial charge in [0.1, 0.15) is 5.92 Å². The number of nitrogens with zero attached hydrogens (tertiary/aromatic N) is 1. The van der Waals surface area contributed by atoms with Crippen LogP contribution in [0.25, 0.3) is 0 Å². The zero-order valence-electron chi connectivity index (χ0n) is 9.63. The van der Waals surface area contributed by atoms with Crippen molar-refractivity contribution in [3.05, 3.63) is 0 Å². The summed E-state index contributed by atoms with van der Waals surface area (Å²) in [6, 6.07) is 0. The van der Waals surface area contributed by atoms with Gasteiger partial charge in [-0.1, -0.05) is 12.2 Å². The van der Waals surface area contributed by atoms with Crippen LogP contribution in [0.4, 0.5) is 13.2 Å². The van der Waals surface area contributed by atoms with Crippen molar-refractivity contribution >= 4 is 17.2 Å². The van der Waals surface area contributed by atoms with E-state index in [0.29, 0.717) is 19.4 Å². The molecular weight excluding hydrogens is 253 g/mol. The number of likely N-dealkylation sites (tertiary alicyclic amines) is 1. The lowest BCUT2D eigenvalue weighted by Gasteiger charge is -2.38. The Bertz CT molecular complexity index is 294. The largest absolute Gasteiger partial charge is 0.399 e. The zero-order chi connectivity index (χ0) is 13.3. The van der Waals surface area contributed by atoms with Crippen LogP contribution in [0.15, 0.2) is 0 Å². The van der Waals surface area contributed by atoms with E-state index in [-0.39, 0.29) is 13.1 Å². The monoisotopic (exact) mass is 270 g/mol. The standard InChI is InChI=1S/C10H17F3N2OS/c1-9(16)3-2-4-15(6-9)5-7(8(14)17)10(11,12)13/h7,16H,2-6H2,1H3,(H2,14,17). The topological polar surface area (TPSA) is 49.5 Å². The van der Waals surface area contributed by atoms with Gasteiger partial charge in [0.2, 0.25) is 0 Å². The summed E-state index contributed by atoms with van der Waals surface area (Å²) in [5.41, 5.74) is 4.20. The minimum atomic E-state index is -4.42. The van der Waals surface area contributed by atoms with Gasteiger partial charge in [0.05, 0.1) is 10.6 Å². The van der Waals surface area contributed by atoms with Gasteiger partial charge in [0.25, 0.3) is 0 Å².